The van der Waals surface area contributed by atoms with Gasteiger partial charge in [-0.05, 0) is 43.5 Å². The monoisotopic (exact) mass is 552 g/mol. The number of phenols is 1. The number of nitrogens with one attached hydrogen (secondary N) is 3. The standard InChI is InChI=1S/C24H36N6O9/c25-10-2-1-3-15(26)21(35)29-17(12-20(33)34)23(37)28-16(8-9-19(27)32)22(36)30-18(24(38)39)11-13-4-6-14(31)7-5-13/h4-7,15-18,31H,1-3,8-12,25-26H2,(H2,27,32)(H,28,37)(H,29,35)(H,30,36)(H,33,34)(H,38,39). The number of carbonyl (C=O) groups excluding carboxylic acids is 4. The Bertz CT molecular complexity index is 1020. The molecule has 0 aliphatic heterocycles. The number of carboxylic acid groups (broad SMARTS) is 2. The molecule has 0 fully saturated rings. The molecule has 1 aromatic carbocycles. The second-order valence-corrected chi connectivity index (χ2v) is 8.89. The SMILES string of the molecule is NCCCCC(N)C(=O)NC(CC(=O)O)C(=O)NC(CCC(N)=O)C(=O)NC(Cc1ccc(O)cc1)C(=O)O. The molecule has 39 heavy (non-hydrogen) atoms. The van der Waals surface area contributed by atoms with Crippen molar-refractivity contribution in [2.24, 2.45) is 17.2 Å². The molecule has 1 aromatic rings. The molecule has 216 valence electrons. The Labute approximate surface area is 224 Å². The van der Waals surface area contributed by atoms with E-state index >= 15 is 0 Å². The van der Waals surface area contributed by atoms with E-state index in [4.69, 9.17) is 17.2 Å². The molecule has 0 saturated heterocycles. The van der Waals surface area contributed by atoms with Gasteiger partial charge in [-0.1, -0.05) is 18.6 Å². The zero-order valence-electron chi connectivity index (χ0n) is 21.3. The normalized spacial score (nSPS) is 13.8. The van der Waals surface area contributed by atoms with Gasteiger partial charge in [-0.15, -0.1) is 0 Å². The molecular formula is C24H36N6O9. The molecular weight excluding hydrogens is 516 g/mol. The van der Waals surface area contributed by atoms with Gasteiger partial charge in [0.05, 0.1) is 12.5 Å². The topological polar surface area (TPSA) is 277 Å². The van der Waals surface area contributed by atoms with E-state index in [1.807, 2.05) is 0 Å². The minimum atomic E-state index is -1.62. The molecule has 4 atom stereocenters. The van der Waals surface area contributed by atoms with Crippen LogP contribution in [0.4, 0.5) is 0 Å². The third kappa shape index (κ3) is 12.7. The smallest absolute Gasteiger partial charge is 0.326 e. The van der Waals surface area contributed by atoms with Crippen molar-refractivity contribution in [2.45, 2.75) is 69.1 Å². The number of hydrogen-bond donors (Lipinski definition) is 9. The first kappa shape index (κ1) is 32.8. The van der Waals surface area contributed by atoms with Crippen LogP contribution in [-0.4, -0.2) is 81.6 Å². The summed E-state index contributed by atoms with van der Waals surface area (Å²) in [5.41, 5.74) is 16.8. The van der Waals surface area contributed by atoms with E-state index in [0.717, 1.165) is 0 Å². The highest BCUT2D eigenvalue weighted by atomic mass is 16.4. The number of benzene rings is 1. The number of hydrogen-bond acceptors (Lipinski definition) is 9. The summed E-state index contributed by atoms with van der Waals surface area (Å²) in [6.07, 6.45) is -0.314. The number of unbranched alkanes of at least 4 members (excludes halogenated alkanes) is 1. The number of aliphatic carboxylic acids is 2. The lowest BCUT2D eigenvalue weighted by atomic mass is 10.0. The number of rotatable bonds is 18. The first-order valence-corrected chi connectivity index (χ1v) is 12.2. The number of amides is 4. The van der Waals surface area contributed by atoms with E-state index in [9.17, 15) is 44.1 Å². The quantitative estimate of drug-likeness (QED) is 0.0871. The van der Waals surface area contributed by atoms with Crippen LogP contribution in [0, 0.1) is 0 Å². The Morgan fingerprint density at radius 3 is 1.90 bits per heavy atom. The summed E-state index contributed by atoms with van der Waals surface area (Å²) in [6.45, 7) is 0.394. The number of aromatic hydroxyl groups is 1. The Hall–Kier alpha value is -4.24. The molecule has 4 amide bonds. The molecule has 4 unspecified atom stereocenters. The van der Waals surface area contributed by atoms with E-state index in [0.29, 0.717) is 24.9 Å². The highest BCUT2D eigenvalue weighted by Crippen LogP contribution is 2.12. The molecule has 0 aromatic heterocycles. The summed E-state index contributed by atoms with van der Waals surface area (Å²) < 4.78 is 0. The fraction of sp³-hybridized carbons (Fsp3) is 0.500. The van der Waals surface area contributed by atoms with Gasteiger partial charge in [-0.3, -0.25) is 24.0 Å². The van der Waals surface area contributed by atoms with E-state index < -0.39 is 66.2 Å². The average Bonchev–Trinajstić information content (AvgIpc) is 2.86. The van der Waals surface area contributed by atoms with Crippen LogP contribution in [0.2, 0.25) is 0 Å². The van der Waals surface area contributed by atoms with E-state index in [2.05, 4.69) is 16.0 Å². The highest BCUT2D eigenvalue weighted by Gasteiger charge is 2.31. The highest BCUT2D eigenvalue weighted by molar-refractivity contribution is 5.95. The first-order valence-electron chi connectivity index (χ1n) is 12.2. The van der Waals surface area contributed by atoms with Crippen LogP contribution < -0.4 is 33.2 Å². The Kier molecular flexibility index (Phi) is 13.9. The largest absolute Gasteiger partial charge is 0.508 e. The van der Waals surface area contributed by atoms with E-state index in [-0.39, 0.29) is 31.4 Å². The molecule has 0 spiro atoms. The molecule has 12 N–H and O–H groups in total. The van der Waals surface area contributed by atoms with Gasteiger partial charge in [0.25, 0.3) is 0 Å². The predicted molar refractivity (Wildman–Crippen MR) is 137 cm³/mol. The van der Waals surface area contributed by atoms with Gasteiger partial charge in [-0.2, -0.15) is 0 Å². The fourth-order valence-corrected chi connectivity index (χ4v) is 3.47. The molecule has 0 radical (unpaired) electrons. The molecule has 1 rings (SSSR count). The molecule has 15 nitrogen and oxygen atoms in total. The summed E-state index contributed by atoms with van der Waals surface area (Å²) >= 11 is 0. The van der Waals surface area contributed by atoms with Crippen LogP contribution in [0.15, 0.2) is 24.3 Å². The fourth-order valence-electron chi connectivity index (χ4n) is 3.47. The van der Waals surface area contributed by atoms with Crippen LogP contribution in [0.1, 0.15) is 44.1 Å². The third-order valence-corrected chi connectivity index (χ3v) is 5.62. The maximum Gasteiger partial charge on any atom is 0.326 e. The van der Waals surface area contributed by atoms with Gasteiger partial charge < -0.3 is 48.5 Å². The second-order valence-electron chi connectivity index (χ2n) is 8.89. The van der Waals surface area contributed by atoms with Crippen LogP contribution in [0.5, 0.6) is 5.75 Å². The maximum absolute atomic E-state index is 13.0. The van der Waals surface area contributed by atoms with Crippen molar-refractivity contribution in [3.05, 3.63) is 29.8 Å². The third-order valence-electron chi connectivity index (χ3n) is 5.62. The van der Waals surface area contributed by atoms with Crippen molar-refractivity contribution < 1.29 is 44.1 Å². The molecule has 0 heterocycles. The van der Waals surface area contributed by atoms with E-state index in [1.165, 1.54) is 24.3 Å². The summed E-state index contributed by atoms with van der Waals surface area (Å²) in [6, 6.07) is 0.0134. The number of carboxylic acids is 2. The molecule has 15 heteroatoms. The van der Waals surface area contributed by atoms with Crippen molar-refractivity contribution in [3.8, 4) is 5.75 Å². The van der Waals surface area contributed by atoms with Crippen LogP contribution >= 0.6 is 0 Å². The van der Waals surface area contributed by atoms with Crippen molar-refractivity contribution in [1.82, 2.24) is 16.0 Å². The minimum absolute atomic E-state index is 0.0385. The second kappa shape index (κ2) is 16.6. The Morgan fingerprint density at radius 1 is 0.795 bits per heavy atom. The zero-order valence-corrected chi connectivity index (χ0v) is 21.3. The van der Waals surface area contributed by atoms with E-state index in [1.54, 1.807) is 0 Å². The Balaban J connectivity index is 3.02. The van der Waals surface area contributed by atoms with Crippen LogP contribution in [-0.2, 0) is 35.2 Å². The van der Waals surface area contributed by atoms with Crippen molar-refractivity contribution in [1.29, 1.82) is 0 Å². The van der Waals surface area contributed by atoms with Crippen molar-refractivity contribution in [2.75, 3.05) is 6.54 Å². The number of carbonyl (C=O) groups is 6. The van der Waals surface area contributed by atoms with Crippen LogP contribution in [0.25, 0.3) is 0 Å². The zero-order chi connectivity index (χ0) is 29.5. The maximum atomic E-state index is 13.0. The van der Waals surface area contributed by atoms with Gasteiger partial charge in [-0.25, -0.2) is 4.79 Å². The van der Waals surface area contributed by atoms with Crippen molar-refractivity contribution in [3.63, 3.8) is 0 Å². The lowest BCUT2D eigenvalue weighted by Crippen LogP contribution is -2.57. The van der Waals surface area contributed by atoms with Gasteiger partial charge in [0.15, 0.2) is 0 Å². The number of phenolic OH excluding ortho intramolecular Hbond substituents is 1. The average molecular weight is 553 g/mol. The number of primary amides is 1. The summed E-state index contributed by atoms with van der Waals surface area (Å²) in [5, 5.41) is 35.0. The summed E-state index contributed by atoms with van der Waals surface area (Å²) in [4.78, 5) is 72.7. The van der Waals surface area contributed by atoms with Crippen molar-refractivity contribution >= 4 is 35.6 Å². The first-order chi connectivity index (χ1) is 18.3. The van der Waals surface area contributed by atoms with Gasteiger partial charge in [0.1, 0.15) is 23.9 Å². The molecule has 0 aliphatic carbocycles. The lowest BCUT2D eigenvalue weighted by Gasteiger charge is -2.24. The van der Waals surface area contributed by atoms with Gasteiger partial charge in [0.2, 0.25) is 23.6 Å². The Morgan fingerprint density at radius 2 is 1.36 bits per heavy atom. The molecule has 0 aliphatic rings. The predicted octanol–water partition coefficient (Wildman–Crippen LogP) is -2.33. The van der Waals surface area contributed by atoms with Crippen LogP contribution in [0.3, 0.4) is 0 Å². The lowest BCUT2D eigenvalue weighted by molar-refractivity contribution is -0.143. The minimum Gasteiger partial charge on any atom is -0.508 e. The van der Waals surface area contributed by atoms with Gasteiger partial charge in [0, 0.05) is 12.8 Å². The van der Waals surface area contributed by atoms with Gasteiger partial charge >= 0.3 is 11.9 Å². The number of nitrogens with two attached hydrogens (primary N) is 3. The summed E-state index contributed by atoms with van der Waals surface area (Å²) in [7, 11) is 0. The molecule has 0 bridgehead atoms. The molecule has 0 saturated carbocycles. The summed E-state index contributed by atoms with van der Waals surface area (Å²) in [5.74, 6) is -6.49.